The maximum Gasteiger partial charge on any atom is 0.267 e. The van der Waals surface area contributed by atoms with Crippen molar-refractivity contribution in [2.24, 2.45) is 0 Å². The SMILES string of the molecule is CCCCC/C=C/CC/C=C/CC/C=C/C(O)C(CS(=O)(=O)O)NC(=O)CCCCCCCCCCCCCCCC. The van der Waals surface area contributed by atoms with Crippen molar-refractivity contribution in [3.05, 3.63) is 36.5 Å². The van der Waals surface area contributed by atoms with Gasteiger partial charge in [-0.05, 0) is 44.9 Å². The fraction of sp³-hybridized carbons (Fsp3) is 0.800. The van der Waals surface area contributed by atoms with Crippen LogP contribution in [0.15, 0.2) is 36.5 Å². The summed E-state index contributed by atoms with van der Waals surface area (Å²) in [7, 11) is -4.35. The first kappa shape index (κ1) is 40.6. The van der Waals surface area contributed by atoms with Gasteiger partial charge >= 0.3 is 0 Å². The standard InChI is InChI=1S/C35H65NO5S/c1-3-5-7-9-11-13-15-17-19-21-23-25-27-29-31-35(38)36-33(32-42(39,40)41)34(37)30-28-26-24-22-20-18-16-14-12-10-8-6-4-2/h12,14,20,22,28,30,33-34,37H,3-11,13,15-19,21,23-27,29,31-32H2,1-2H3,(H,36,38)(H,39,40,41)/b14-12+,22-20+,30-28+. The van der Waals surface area contributed by atoms with Crippen molar-refractivity contribution in [3.63, 3.8) is 0 Å². The average Bonchev–Trinajstić information content (AvgIpc) is 2.94. The normalized spacial score (nSPS) is 13.9. The molecule has 0 aliphatic heterocycles. The molecule has 0 aliphatic rings. The molecular weight excluding hydrogens is 546 g/mol. The van der Waals surface area contributed by atoms with Crippen LogP contribution in [-0.2, 0) is 14.9 Å². The molecule has 0 radical (unpaired) electrons. The lowest BCUT2D eigenvalue weighted by Gasteiger charge is -2.21. The lowest BCUT2D eigenvalue weighted by atomic mass is 10.0. The quantitative estimate of drug-likeness (QED) is 0.0426. The number of aliphatic hydroxyl groups is 1. The van der Waals surface area contributed by atoms with E-state index < -0.39 is 28.0 Å². The summed E-state index contributed by atoms with van der Waals surface area (Å²) in [6.07, 6.45) is 36.9. The number of hydrogen-bond acceptors (Lipinski definition) is 4. The third-order valence-electron chi connectivity index (χ3n) is 7.55. The summed E-state index contributed by atoms with van der Waals surface area (Å²) in [6, 6.07) is -1.07. The molecule has 1 amide bonds. The van der Waals surface area contributed by atoms with Gasteiger partial charge in [-0.15, -0.1) is 0 Å². The highest BCUT2D eigenvalue weighted by Crippen LogP contribution is 2.13. The fourth-order valence-corrected chi connectivity index (χ4v) is 5.68. The minimum absolute atomic E-state index is 0.287. The number of amides is 1. The number of unbranched alkanes of at least 4 members (excludes halogenated alkanes) is 18. The molecule has 246 valence electrons. The molecule has 0 fully saturated rings. The second-order valence-corrected chi connectivity index (χ2v) is 13.3. The van der Waals surface area contributed by atoms with E-state index in [1.807, 2.05) is 0 Å². The van der Waals surface area contributed by atoms with Crippen molar-refractivity contribution < 1.29 is 22.9 Å². The number of carbonyl (C=O) groups is 1. The van der Waals surface area contributed by atoms with Crippen LogP contribution in [0, 0.1) is 0 Å². The highest BCUT2D eigenvalue weighted by Gasteiger charge is 2.24. The summed E-state index contributed by atoms with van der Waals surface area (Å²) in [5, 5.41) is 13.1. The first-order valence-corrected chi connectivity index (χ1v) is 18.8. The molecule has 0 heterocycles. The summed E-state index contributed by atoms with van der Waals surface area (Å²) in [4.78, 5) is 12.4. The summed E-state index contributed by atoms with van der Waals surface area (Å²) in [6.45, 7) is 4.46. The monoisotopic (exact) mass is 611 g/mol. The van der Waals surface area contributed by atoms with Gasteiger partial charge in [0.2, 0.25) is 5.91 Å². The number of rotatable bonds is 30. The van der Waals surface area contributed by atoms with Crippen molar-refractivity contribution in [1.29, 1.82) is 0 Å². The van der Waals surface area contributed by atoms with Crippen LogP contribution in [0.2, 0.25) is 0 Å². The minimum atomic E-state index is -4.35. The topological polar surface area (TPSA) is 104 Å². The van der Waals surface area contributed by atoms with Crippen LogP contribution in [0.3, 0.4) is 0 Å². The Morgan fingerprint density at radius 3 is 1.50 bits per heavy atom. The summed E-state index contributed by atoms with van der Waals surface area (Å²) in [5.74, 6) is -1.01. The predicted molar refractivity (Wildman–Crippen MR) is 179 cm³/mol. The Bertz CT molecular complexity index is 806. The van der Waals surface area contributed by atoms with Gasteiger partial charge in [0.15, 0.2) is 0 Å². The fourth-order valence-electron chi connectivity index (χ4n) is 4.95. The van der Waals surface area contributed by atoms with E-state index in [1.165, 1.54) is 96.0 Å². The Morgan fingerprint density at radius 2 is 1.02 bits per heavy atom. The van der Waals surface area contributed by atoms with Crippen LogP contribution in [0.5, 0.6) is 0 Å². The van der Waals surface area contributed by atoms with Crippen molar-refractivity contribution in [2.45, 2.75) is 174 Å². The molecule has 0 saturated carbocycles. The van der Waals surface area contributed by atoms with E-state index in [9.17, 15) is 22.9 Å². The summed E-state index contributed by atoms with van der Waals surface area (Å²) in [5.41, 5.74) is 0. The lowest BCUT2D eigenvalue weighted by molar-refractivity contribution is -0.122. The number of aliphatic hydroxyl groups excluding tert-OH is 1. The van der Waals surface area contributed by atoms with E-state index in [0.29, 0.717) is 6.42 Å². The Balaban J connectivity index is 4.09. The van der Waals surface area contributed by atoms with Gasteiger partial charge in [0.1, 0.15) is 0 Å². The molecule has 0 bridgehead atoms. The molecule has 2 unspecified atom stereocenters. The van der Waals surface area contributed by atoms with Gasteiger partial charge < -0.3 is 10.4 Å². The number of nitrogens with one attached hydrogen (secondary N) is 1. The number of allylic oxidation sites excluding steroid dienone is 5. The number of carbonyl (C=O) groups excluding carboxylic acids is 1. The molecule has 3 N–H and O–H groups in total. The van der Waals surface area contributed by atoms with Crippen LogP contribution in [0.1, 0.15) is 162 Å². The van der Waals surface area contributed by atoms with E-state index in [1.54, 1.807) is 6.08 Å². The molecule has 0 aromatic carbocycles. The predicted octanol–water partition coefficient (Wildman–Crippen LogP) is 9.40. The third-order valence-corrected chi connectivity index (χ3v) is 8.33. The molecule has 7 heteroatoms. The van der Waals surface area contributed by atoms with Crippen LogP contribution in [-0.4, -0.2) is 41.9 Å². The zero-order chi connectivity index (χ0) is 31.2. The van der Waals surface area contributed by atoms with Gasteiger partial charge in [0, 0.05) is 6.42 Å². The van der Waals surface area contributed by atoms with E-state index in [0.717, 1.165) is 44.9 Å². The van der Waals surface area contributed by atoms with E-state index in [2.05, 4.69) is 43.5 Å². The third kappa shape index (κ3) is 30.0. The molecule has 2 atom stereocenters. The molecular formula is C35H65NO5S. The first-order chi connectivity index (χ1) is 20.3. The number of hydrogen-bond donors (Lipinski definition) is 3. The Hall–Kier alpha value is -1.44. The van der Waals surface area contributed by atoms with E-state index in [-0.39, 0.29) is 12.3 Å². The van der Waals surface area contributed by atoms with Crippen molar-refractivity contribution in [2.75, 3.05) is 5.75 Å². The second-order valence-electron chi connectivity index (χ2n) is 11.8. The molecule has 0 spiro atoms. The van der Waals surface area contributed by atoms with Gasteiger partial charge in [0.05, 0.1) is 17.9 Å². The molecule has 0 aliphatic carbocycles. The molecule has 0 aromatic heterocycles. The van der Waals surface area contributed by atoms with Gasteiger partial charge in [-0.3, -0.25) is 9.35 Å². The van der Waals surface area contributed by atoms with Crippen LogP contribution < -0.4 is 5.32 Å². The maximum atomic E-state index is 12.4. The van der Waals surface area contributed by atoms with Gasteiger partial charge in [0.25, 0.3) is 10.1 Å². The van der Waals surface area contributed by atoms with Crippen molar-refractivity contribution >= 4 is 16.0 Å². The van der Waals surface area contributed by atoms with Crippen molar-refractivity contribution in [3.8, 4) is 0 Å². The molecule has 0 rings (SSSR count). The Kier molecular flexibility index (Phi) is 28.6. The molecule has 0 saturated heterocycles. The van der Waals surface area contributed by atoms with E-state index in [4.69, 9.17) is 0 Å². The summed E-state index contributed by atoms with van der Waals surface area (Å²) >= 11 is 0. The zero-order valence-electron chi connectivity index (χ0n) is 27.1. The molecule has 42 heavy (non-hydrogen) atoms. The second kappa shape index (κ2) is 29.6. The Morgan fingerprint density at radius 1 is 0.619 bits per heavy atom. The Labute approximate surface area is 259 Å². The summed E-state index contributed by atoms with van der Waals surface area (Å²) < 4.78 is 32.3. The van der Waals surface area contributed by atoms with Gasteiger partial charge in [-0.25, -0.2) is 0 Å². The largest absolute Gasteiger partial charge is 0.387 e. The molecule has 0 aromatic rings. The van der Waals surface area contributed by atoms with E-state index >= 15 is 0 Å². The highest BCUT2D eigenvalue weighted by atomic mass is 32.2. The van der Waals surface area contributed by atoms with Crippen LogP contribution in [0.25, 0.3) is 0 Å². The lowest BCUT2D eigenvalue weighted by Crippen LogP contribution is -2.46. The first-order valence-electron chi connectivity index (χ1n) is 17.2. The zero-order valence-corrected chi connectivity index (χ0v) is 27.9. The molecule has 6 nitrogen and oxygen atoms in total. The highest BCUT2D eigenvalue weighted by molar-refractivity contribution is 7.85. The smallest absolute Gasteiger partial charge is 0.267 e. The van der Waals surface area contributed by atoms with Gasteiger partial charge in [-0.1, -0.05) is 147 Å². The van der Waals surface area contributed by atoms with Crippen molar-refractivity contribution in [1.82, 2.24) is 5.32 Å². The van der Waals surface area contributed by atoms with Crippen LogP contribution in [0.4, 0.5) is 0 Å². The van der Waals surface area contributed by atoms with Gasteiger partial charge in [-0.2, -0.15) is 8.42 Å². The maximum absolute atomic E-state index is 12.4. The minimum Gasteiger partial charge on any atom is -0.387 e. The van der Waals surface area contributed by atoms with Crippen LogP contribution >= 0.6 is 0 Å². The average molecular weight is 612 g/mol.